The van der Waals surface area contributed by atoms with Gasteiger partial charge in [0.15, 0.2) is 0 Å². The predicted molar refractivity (Wildman–Crippen MR) is 70.6 cm³/mol. The fourth-order valence-electron chi connectivity index (χ4n) is 1.49. The average molecular weight is 286 g/mol. The topological polar surface area (TPSA) is 90.9 Å². The summed E-state index contributed by atoms with van der Waals surface area (Å²) < 4.78 is 26.1. The van der Waals surface area contributed by atoms with Crippen molar-refractivity contribution < 1.29 is 18.8 Å². The van der Waals surface area contributed by atoms with Gasteiger partial charge < -0.3 is 21.2 Å². The molecule has 0 radical (unpaired) electrons. The molecule has 0 heterocycles. The maximum Gasteiger partial charge on any atom is 0.321 e. The summed E-state index contributed by atoms with van der Waals surface area (Å²) >= 11 is 0. The number of nitrogens with two attached hydrogens (primary N) is 1. The van der Waals surface area contributed by atoms with Gasteiger partial charge in [-0.1, -0.05) is 5.16 Å². The molecule has 1 aromatic carbocycles. The molecule has 0 atom stereocenters. The number of benzene rings is 1. The Hall–Kier alpha value is -2.38. The summed E-state index contributed by atoms with van der Waals surface area (Å²) in [5.74, 6) is -1.59. The van der Waals surface area contributed by atoms with Gasteiger partial charge in [0.1, 0.15) is 17.5 Å². The molecule has 8 heteroatoms. The molecular weight excluding hydrogens is 270 g/mol. The third kappa shape index (κ3) is 4.38. The van der Waals surface area contributed by atoms with Crippen LogP contribution in [-0.2, 0) is 0 Å². The first-order chi connectivity index (χ1) is 9.47. The third-order valence-electron chi connectivity index (χ3n) is 2.61. The zero-order valence-corrected chi connectivity index (χ0v) is 10.9. The maximum atomic E-state index is 13.4. The summed E-state index contributed by atoms with van der Waals surface area (Å²) in [7, 11) is 0. The Bertz CT molecular complexity index is 508. The zero-order valence-electron chi connectivity index (χ0n) is 10.9. The molecule has 1 aromatic rings. The molecule has 2 amide bonds. The molecule has 110 valence electrons. The summed E-state index contributed by atoms with van der Waals surface area (Å²) in [6.45, 7) is 2.29. The predicted octanol–water partition coefficient (Wildman–Crippen LogP) is 1.96. The van der Waals surface area contributed by atoms with E-state index in [9.17, 15) is 13.6 Å². The Kier molecular flexibility index (Phi) is 5.70. The van der Waals surface area contributed by atoms with Crippen LogP contribution in [-0.4, -0.2) is 35.1 Å². The lowest BCUT2D eigenvalue weighted by molar-refractivity contribution is 0.215. The van der Waals surface area contributed by atoms with Crippen molar-refractivity contribution in [2.75, 3.05) is 18.4 Å². The number of nitrogens with one attached hydrogen (secondary N) is 1. The number of anilines is 1. The SMILES string of the molecule is CCN(CCC(N)=NO)C(=O)Nc1ccc(F)cc1F. The second-order valence-corrected chi connectivity index (χ2v) is 3.98. The molecular formula is C12H16F2N4O2. The first-order valence-electron chi connectivity index (χ1n) is 5.95. The number of rotatable bonds is 5. The summed E-state index contributed by atoms with van der Waals surface area (Å²) in [6, 6.07) is 2.32. The van der Waals surface area contributed by atoms with Crippen molar-refractivity contribution in [3.8, 4) is 0 Å². The van der Waals surface area contributed by atoms with E-state index in [0.717, 1.165) is 12.1 Å². The molecule has 20 heavy (non-hydrogen) atoms. The van der Waals surface area contributed by atoms with E-state index >= 15 is 0 Å². The minimum Gasteiger partial charge on any atom is -0.409 e. The first-order valence-corrected chi connectivity index (χ1v) is 5.95. The van der Waals surface area contributed by atoms with E-state index in [1.807, 2.05) is 0 Å². The summed E-state index contributed by atoms with van der Waals surface area (Å²) in [5, 5.41) is 13.5. The van der Waals surface area contributed by atoms with Gasteiger partial charge in [0.25, 0.3) is 0 Å². The number of carbonyl (C=O) groups excluding carboxylic acids is 1. The summed E-state index contributed by atoms with van der Waals surface area (Å²) in [5.41, 5.74) is 5.20. The molecule has 4 N–H and O–H groups in total. The lowest BCUT2D eigenvalue weighted by Gasteiger charge is -2.21. The van der Waals surface area contributed by atoms with Crippen LogP contribution >= 0.6 is 0 Å². The number of urea groups is 1. The van der Waals surface area contributed by atoms with Crippen LogP contribution in [0.1, 0.15) is 13.3 Å². The summed E-state index contributed by atoms with van der Waals surface area (Å²) in [4.78, 5) is 13.2. The van der Waals surface area contributed by atoms with Gasteiger partial charge in [0, 0.05) is 25.6 Å². The van der Waals surface area contributed by atoms with Crippen molar-refractivity contribution in [2.24, 2.45) is 10.9 Å². The van der Waals surface area contributed by atoms with Crippen molar-refractivity contribution >= 4 is 17.6 Å². The van der Waals surface area contributed by atoms with Crippen molar-refractivity contribution in [3.05, 3.63) is 29.8 Å². The Balaban J connectivity index is 2.67. The Morgan fingerprint density at radius 2 is 2.20 bits per heavy atom. The van der Waals surface area contributed by atoms with Crippen LogP contribution in [0.2, 0.25) is 0 Å². The fraction of sp³-hybridized carbons (Fsp3) is 0.333. The molecule has 0 aliphatic heterocycles. The Labute approximate surface area is 114 Å². The second kappa shape index (κ2) is 7.27. The second-order valence-electron chi connectivity index (χ2n) is 3.98. The highest BCUT2D eigenvalue weighted by molar-refractivity contribution is 5.90. The van der Waals surface area contributed by atoms with Crippen molar-refractivity contribution in [1.29, 1.82) is 0 Å². The third-order valence-corrected chi connectivity index (χ3v) is 2.61. The first kappa shape index (κ1) is 15.7. The number of oxime groups is 1. The van der Waals surface area contributed by atoms with Crippen molar-refractivity contribution in [1.82, 2.24) is 4.90 Å². The lowest BCUT2D eigenvalue weighted by Crippen LogP contribution is -2.37. The van der Waals surface area contributed by atoms with Crippen molar-refractivity contribution in [2.45, 2.75) is 13.3 Å². The highest BCUT2D eigenvalue weighted by atomic mass is 19.1. The van der Waals surface area contributed by atoms with Crippen LogP contribution in [0.3, 0.4) is 0 Å². The van der Waals surface area contributed by atoms with Crippen LogP contribution in [0.4, 0.5) is 19.3 Å². The molecule has 0 saturated heterocycles. The molecule has 1 rings (SSSR count). The molecule has 0 aliphatic rings. The monoisotopic (exact) mass is 286 g/mol. The smallest absolute Gasteiger partial charge is 0.321 e. The largest absolute Gasteiger partial charge is 0.409 e. The van der Waals surface area contributed by atoms with E-state index in [-0.39, 0.29) is 24.5 Å². The lowest BCUT2D eigenvalue weighted by atomic mass is 10.3. The van der Waals surface area contributed by atoms with Crippen LogP contribution in [0.25, 0.3) is 0 Å². The van der Waals surface area contributed by atoms with E-state index in [1.54, 1.807) is 6.92 Å². The van der Waals surface area contributed by atoms with Gasteiger partial charge in [-0.2, -0.15) is 0 Å². The summed E-state index contributed by atoms with van der Waals surface area (Å²) in [6.07, 6.45) is 0.184. The average Bonchev–Trinajstić information content (AvgIpc) is 2.42. The van der Waals surface area contributed by atoms with Gasteiger partial charge in [-0.15, -0.1) is 0 Å². The van der Waals surface area contributed by atoms with Gasteiger partial charge in [-0.05, 0) is 19.1 Å². The standard InChI is InChI=1S/C12H16F2N4O2/c1-2-18(6-5-11(15)17-20)12(19)16-10-4-3-8(13)7-9(10)14/h3-4,7,20H,2,5-6H2,1H3,(H2,15,17)(H,16,19). The van der Waals surface area contributed by atoms with Gasteiger partial charge in [0.2, 0.25) is 0 Å². The van der Waals surface area contributed by atoms with E-state index in [1.165, 1.54) is 4.90 Å². The molecule has 0 fully saturated rings. The Morgan fingerprint density at radius 3 is 2.75 bits per heavy atom. The number of carbonyl (C=O) groups is 1. The number of halogens is 2. The van der Waals surface area contributed by atoms with E-state index < -0.39 is 17.7 Å². The Morgan fingerprint density at radius 1 is 1.50 bits per heavy atom. The minimum atomic E-state index is -0.856. The van der Waals surface area contributed by atoms with Crippen LogP contribution in [0.15, 0.2) is 23.4 Å². The molecule has 0 saturated carbocycles. The zero-order chi connectivity index (χ0) is 15.1. The maximum absolute atomic E-state index is 13.4. The fourth-order valence-corrected chi connectivity index (χ4v) is 1.49. The molecule has 0 bridgehead atoms. The van der Waals surface area contributed by atoms with E-state index in [2.05, 4.69) is 10.5 Å². The van der Waals surface area contributed by atoms with Gasteiger partial charge >= 0.3 is 6.03 Å². The number of hydrogen-bond acceptors (Lipinski definition) is 3. The minimum absolute atomic E-state index is 0.00999. The van der Waals surface area contributed by atoms with Crippen molar-refractivity contribution in [3.63, 3.8) is 0 Å². The molecule has 0 spiro atoms. The molecule has 0 unspecified atom stereocenters. The number of amidine groups is 1. The van der Waals surface area contributed by atoms with E-state index in [4.69, 9.17) is 10.9 Å². The van der Waals surface area contributed by atoms with Gasteiger partial charge in [0.05, 0.1) is 5.69 Å². The van der Waals surface area contributed by atoms with Crippen LogP contribution in [0, 0.1) is 11.6 Å². The van der Waals surface area contributed by atoms with Crippen LogP contribution in [0.5, 0.6) is 0 Å². The number of hydrogen-bond donors (Lipinski definition) is 3. The van der Waals surface area contributed by atoms with Gasteiger partial charge in [-0.3, -0.25) is 0 Å². The van der Waals surface area contributed by atoms with E-state index in [0.29, 0.717) is 12.6 Å². The molecule has 0 aromatic heterocycles. The molecule has 0 aliphatic carbocycles. The van der Waals surface area contributed by atoms with Crippen LogP contribution < -0.4 is 11.1 Å². The normalized spacial score (nSPS) is 11.2. The van der Waals surface area contributed by atoms with Gasteiger partial charge in [-0.25, -0.2) is 13.6 Å². The molecule has 6 nitrogen and oxygen atoms in total. The highest BCUT2D eigenvalue weighted by Gasteiger charge is 2.14. The quantitative estimate of drug-likeness (QED) is 0.334. The highest BCUT2D eigenvalue weighted by Crippen LogP contribution is 2.15. The number of amides is 2. The number of nitrogens with zero attached hydrogens (tertiary/aromatic N) is 2.